The molecule has 2 aromatic carbocycles. The van der Waals surface area contributed by atoms with E-state index in [1.807, 2.05) is 0 Å². The summed E-state index contributed by atoms with van der Waals surface area (Å²) in [6.07, 6.45) is -3.64. The van der Waals surface area contributed by atoms with E-state index in [2.05, 4.69) is 10.1 Å². The van der Waals surface area contributed by atoms with Crippen molar-refractivity contribution in [1.29, 1.82) is 0 Å². The Morgan fingerprint density at radius 2 is 1.79 bits per heavy atom. The first-order valence-electron chi connectivity index (χ1n) is 8.03. The first-order valence-corrected chi connectivity index (χ1v) is 8.41. The van der Waals surface area contributed by atoms with Crippen molar-refractivity contribution in [3.8, 4) is 11.5 Å². The van der Waals surface area contributed by atoms with Gasteiger partial charge in [0, 0.05) is 5.02 Å². The minimum Gasteiger partial charge on any atom is -0.457 e. The highest BCUT2D eigenvalue weighted by molar-refractivity contribution is 6.30. The third-order valence-electron chi connectivity index (χ3n) is 3.96. The van der Waals surface area contributed by atoms with E-state index in [-0.39, 0.29) is 17.9 Å². The number of nitrogens with zero attached hydrogens (tertiary/aromatic N) is 2. The molecular formula is C18H15ClF3N3O3. The maximum atomic E-state index is 13.6. The molecule has 1 aromatic heterocycles. The molecule has 0 aliphatic heterocycles. The maximum absolute atomic E-state index is 13.6. The van der Waals surface area contributed by atoms with Gasteiger partial charge in [0.2, 0.25) is 0 Å². The van der Waals surface area contributed by atoms with Crippen LogP contribution in [0.15, 0.2) is 53.6 Å². The highest BCUT2D eigenvalue weighted by Crippen LogP contribution is 2.40. The number of ether oxygens (including phenoxy) is 1. The van der Waals surface area contributed by atoms with Gasteiger partial charge in [-0.1, -0.05) is 17.7 Å². The Morgan fingerprint density at radius 3 is 2.36 bits per heavy atom. The number of hydrogen-bond donors (Lipinski definition) is 2. The summed E-state index contributed by atoms with van der Waals surface area (Å²) in [6, 6.07) is 9.42. The fourth-order valence-corrected chi connectivity index (χ4v) is 2.86. The van der Waals surface area contributed by atoms with E-state index < -0.39 is 23.0 Å². The second-order valence-electron chi connectivity index (χ2n) is 6.32. The summed E-state index contributed by atoms with van der Waals surface area (Å²) in [6.45, 7) is 0.887. The van der Waals surface area contributed by atoms with Crippen LogP contribution in [0.2, 0.25) is 5.02 Å². The van der Waals surface area contributed by atoms with E-state index >= 15 is 0 Å². The van der Waals surface area contributed by atoms with E-state index in [1.54, 1.807) is 12.1 Å². The van der Waals surface area contributed by atoms with Crippen molar-refractivity contribution in [3.63, 3.8) is 0 Å². The van der Waals surface area contributed by atoms with Crippen molar-refractivity contribution >= 4 is 11.6 Å². The third-order valence-corrected chi connectivity index (χ3v) is 4.21. The van der Waals surface area contributed by atoms with Gasteiger partial charge in [-0.15, -0.1) is 0 Å². The molecule has 1 atom stereocenters. The molecule has 0 saturated carbocycles. The average Bonchev–Trinajstić information content (AvgIpc) is 3.00. The molecule has 10 heteroatoms. The van der Waals surface area contributed by atoms with Crippen LogP contribution in [0.25, 0.3) is 0 Å². The van der Waals surface area contributed by atoms with Crippen LogP contribution in [-0.2, 0) is 18.3 Å². The largest absolute Gasteiger partial charge is 0.457 e. The Kier molecular flexibility index (Phi) is 5.22. The second-order valence-corrected chi connectivity index (χ2v) is 6.76. The number of benzene rings is 2. The second kappa shape index (κ2) is 7.33. The van der Waals surface area contributed by atoms with Gasteiger partial charge in [-0.2, -0.15) is 18.2 Å². The molecule has 1 heterocycles. The summed E-state index contributed by atoms with van der Waals surface area (Å²) in [5.74, 6) is 0.262. The van der Waals surface area contributed by atoms with Crippen LogP contribution < -0.4 is 10.4 Å². The number of halogens is 4. The SMILES string of the molecule is CC(O)(Cn1cnc(=O)[nH]1)c1ccc(Oc2ccc(Cl)cc2)cc1C(F)(F)F. The highest BCUT2D eigenvalue weighted by Gasteiger charge is 2.39. The zero-order valence-electron chi connectivity index (χ0n) is 14.5. The van der Waals surface area contributed by atoms with Crippen LogP contribution in [0.3, 0.4) is 0 Å². The number of aromatic amines is 1. The lowest BCUT2D eigenvalue weighted by atomic mass is 9.90. The fraction of sp³-hybridized carbons (Fsp3) is 0.222. The Hall–Kier alpha value is -2.78. The van der Waals surface area contributed by atoms with Crippen molar-refractivity contribution in [1.82, 2.24) is 14.8 Å². The van der Waals surface area contributed by atoms with Crippen LogP contribution in [0.1, 0.15) is 18.1 Å². The first kappa shape index (κ1) is 20.0. The molecule has 0 amide bonds. The van der Waals surface area contributed by atoms with E-state index in [0.717, 1.165) is 23.1 Å². The number of nitrogens with one attached hydrogen (secondary N) is 1. The Labute approximate surface area is 162 Å². The summed E-state index contributed by atoms with van der Waals surface area (Å²) >= 11 is 5.78. The number of rotatable bonds is 5. The standard InChI is InChI=1S/C18H15ClF3N3O3/c1-17(27,9-25-10-23-16(26)24-25)14-7-6-13(8-15(14)18(20,21)22)28-12-4-2-11(19)3-5-12/h2-8,10,27H,9H2,1H3,(H,24,26). The molecule has 1 unspecified atom stereocenters. The summed E-state index contributed by atoms with van der Waals surface area (Å²) in [5, 5.41) is 13.4. The Balaban J connectivity index is 1.96. The molecule has 0 aliphatic carbocycles. The molecule has 0 spiro atoms. The van der Waals surface area contributed by atoms with Gasteiger partial charge in [-0.05, 0) is 48.9 Å². The molecular weight excluding hydrogens is 399 g/mol. The summed E-state index contributed by atoms with van der Waals surface area (Å²) in [5.41, 5.74) is -4.02. The minimum absolute atomic E-state index is 0.0507. The minimum atomic E-state index is -4.74. The molecule has 0 fully saturated rings. The zero-order valence-corrected chi connectivity index (χ0v) is 15.3. The summed E-state index contributed by atoms with van der Waals surface area (Å²) < 4.78 is 47.5. The third kappa shape index (κ3) is 4.55. The maximum Gasteiger partial charge on any atom is 0.416 e. The molecule has 3 aromatic rings. The van der Waals surface area contributed by atoms with Gasteiger partial charge in [-0.25, -0.2) is 9.89 Å². The lowest BCUT2D eigenvalue weighted by Gasteiger charge is -2.27. The van der Waals surface area contributed by atoms with Crippen molar-refractivity contribution in [2.45, 2.75) is 25.2 Å². The first-order chi connectivity index (χ1) is 13.0. The summed E-state index contributed by atoms with van der Waals surface area (Å²) in [7, 11) is 0. The molecule has 2 N–H and O–H groups in total. The lowest BCUT2D eigenvalue weighted by Crippen LogP contribution is -2.31. The summed E-state index contributed by atoms with van der Waals surface area (Å²) in [4.78, 5) is 14.5. The quantitative estimate of drug-likeness (QED) is 0.664. The van der Waals surface area contributed by atoms with Gasteiger partial charge in [0.15, 0.2) is 0 Å². The van der Waals surface area contributed by atoms with E-state index in [4.69, 9.17) is 16.3 Å². The van der Waals surface area contributed by atoms with Gasteiger partial charge < -0.3 is 9.84 Å². The van der Waals surface area contributed by atoms with Gasteiger partial charge in [0.05, 0.1) is 12.1 Å². The van der Waals surface area contributed by atoms with Crippen LogP contribution in [0.5, 0.6) is 11.5 Å². The number of H-pyrrole nitrogens is 1. The van der Waals surface area contributed by atoms with E-state index in [0.29, 0.717) is 10.8 Å². The van der Waals surface area contributed by atoms with Gasteiger partial charge in [0.25, 0.3) is 0 Å². The Morgan fingerprint density at radius 1 is 1.14 bits per heavy atom. The van der Waals surface area contributed by atoms with Crippen molar-refractivity contribution < 1.29 is 23.0 Å². The van der Waals surface area contributed by atoms with Crippen LogP contribution in [-0.4, -0.2) is 19.9 Å². The van der Waals surface area contributed by atoms with Crippen molar-refractivity contribution in [3.05, 3.63) is 75.4 Å². The van der Waals surface area contributed by atoms with Gasteiger partial charge in [0.1, 0.15) is 23.4 Å². The molecule has 0 aliphatic rings. The monoisotopic (exact) mass is 413 g/mol. The van der Waals surface area contributed by atoms with Gasteiger partial charge >= 0.3 is 11.9 Å². The predicted molar refractivity (Wildman–Crippen MR) is 95.4 cm³/mol. The average molecular weight is 414 g/mol. The number of alkyl halides is 3. The molecule has 0 bridgehead atoms. The number of aliphatic hydroxyl groups is 1. The fourth-order valence-electron chi connectivity index (χ4n) is 2.73. The molecule has 0 saturated heterocycles. The van der Waals surface area contributed by atoms with Crippen molar-refractivity contribution in [2.75, 3.05) is 0 Å². The van der Waals surface area contributed by atoms with Crippen molar-refractivity contribution in [2.24, 2.45) is 0 Å². The topological polar surface area (TPSA) is 80.1 Å². The molecule has 6 nitrogen and oxygen atoms in total. The lowest BCUT2D eigenvalue weighted by molar-refractivity contribution is -0.140. The predicted octanol–water partition coefficient (Wildman–Crippen LogP) is 3.94. The zero-order chi connectivity index (χ0) is 20.5. The normalized spacial score (nSPS) is 13.9. The van der Waals surface area contributed by atoms with Crippen LogP contribution in [0.4, 0.5) is 13.2 Å². The molecule has 0 radical (unpaired) electrons. The highest BCUT2D eigenvalue weighted by atomic mass is 35.5. The molecule has 3 rings (SSSR count). The van der Waals surface area contributed by atoms with Crippen LogP contribution >= 0.6 is 11.6 Å². The number of hydrogen-bond acceptors (Lipinski definition) is 4. The molecule has 148 valence electrons. The van der Waals surface area contributed by atoms with Crippen LogP contribution in [0, 0.1) is 0 Å². The number of aromatic nitrogens is 3. The molecule has 28 heavy (non-hydrogen) atoms. The smallest absolute Gasteiger partial charge is 0.416 e. The Bertz CT molecular complexity index is 1030. The van der Waals surface area contributed by atoms with E-state index in [1.165, 1.54) is 25.1 Å². The van der Waals surface area contributed by atoms with Gasteiger partial charge in [-0.3, -0.25) is 4.68 Å². The van der Waals surface area contributed by atoms with E-state index in [9.17, 15) is 23.1 Å².